The lowest BCUT2D eigenvalue weighted by molar-refractivity contribution is 0.0601. The second-order valence-corrected chi connectivity index (χ2v) is 10.6. The first kappa shape index (κ1) is 25.5. The molecule has 1 amide bonds. The van der Waals surface area contributed by atoms with Crippen molar-refractivity contribution < 1.29 is 27.5 Å². The molecule has 0 atom stereocenters. The lowest BCUT2D eigenvalue weighted by Crippen LogP contribution is -2.19. The molecule has 9 nitrogen and oxygen atoms in total. The minimum atomic E-state index is -4.00. The quantitative estimate of drug-likeness (QED) is 0.280. The maximum atomic E-state index is 13.0. The minimum Gasteiger partial charge on any atom is -0.465 e. The third-order valence-electron chi connectivity index (χ3n) is 4.91. The summed E-state index contributed by atoms with van der Waals surface area (Å²) in [5.74, 6) is -2.27. The van der Waals surface area contributed by atoms with Crippen molar-refractivity contribution in [3.05, 3.63) is 68.3 Å². The highest BCUT2D eigenvalue weighted by molar-refractivity contribution is 7.90. The number of benzene rings is 1. The summed E-state index contributed by atoms with van der Waals surface area (Å²) in [5.41, 5.74) is 1.33. The van der Waals surface area contributed by atoms with E-state index in [0.29, 0.717) is 11.1 Å². The molecule has 1 N–H and O–H groups in total. The minimum absolute atomic E-state index is 0.0172. The Hall–Kier alpha value is -3.15. The number of amides is 1. The number of rotatable bonds is 7. The molecule has 0 bridgehead atoms. The average Bonchev–Trinajstić information content (AvgIpc) is 3.10. The number of ketones is 1. The number of nitrogens with one attached hydrogen (secondary N) is 1. The van der Waals surface area contributed by atoms with Crippen LogP contribution in [0.3, 0.4) is 0 Å². The number of hydrogen-bond acceptors (Lipinski definition) is 9. The molecule has 12 heteroatoms. The molecule has 0 aliphatic carbocycles. The molecule has 2 aromatic heterocycles. The Labute approximate surface area is 205 Å². The SMILES string of the molecule is COC(=O)c1c(NC(=O)c2nc(S(=O)(=O)Cc3ccccc3C)ncc2Cl)sc(C(C)=O)c1C. The second-order valence-electron chi connectivity index (χ2n) is 7.30. The van der Waals surface area contributed by atoms with Crippen LogP contribution < -0.4 is 5.32 Å². The van der Waals surface area contributed by atoms with Crippen molar-refractivity contribution >= 4 is 55.4 Å². The largest absolute Gasteiger partial charge is 0.465 e. The third-order valence-corrected chi connectivity index (χ3v) is 7.93. The van der Waals surface area contributed by atoms with Gasteiger partial charge in [0.2, 0.25) is 15.0 Å². The number of halogens is 1. The summed E-state index contributed by atoms with van der Waals surface area (Å²) in [4.78, 5) is 45.1. The Morgan fingerprint density at radius 3 is 2.47 bits per heavy atom. The van der Waals surface area contributed by atoms with E-state index in [1.807, 2.05) is 0 Å². The van der Waals surface area contributed by atoms with Crippen LogP contribution in [-0.2, 0) is 20.3 Å². The zero-order valence-corrected chi connectivity index (χ0v) is 21.0. The van der Waals surface area contributed by atoms with E-state index in [1.54, 1.807) is 38.1 Å². The highest BCUT2D eigenvalue weighted by Gasteiger charge is 2.28. The molecule has 34 heavy (non-hydrogen) atoms. The molecular formula is C22H20ClN3O6S2. The van der Waals surface area contributed by atoms with E-state index >= 15 is 0 Å². The van der Waals surface area contributed by atoms with Crippen molar-refractivity contribution in [2.75, 3.05) is 12.4 Å². The van der Waals surface area contributed by atoms with Gasteiger partial charge in [0.05, 0.1) is 34.5 Å². The first-order valence-corrected chi connectivity index (χ1v) is 12.6. The van der Waals surface area contributed by atoms with Crippen molar-refractivity contribution in [3.8, 4) is 0 Å². The molecule has 3 rings (SSSR count). The Morgan fingerprint density at radius 1 is 1.18 bits per heavy atom. The first-order valence-electron chi connectivity index (χ1n) is 9.80. The number of thiophene rings is 1. The molecule has 0 unspecified atom stereocenters. The summed E-state index contributed by atoms with van der Waals surface area (Å²) < 4.78 is 30.6. The van der Waals surface area contributed by atoms with E-state index in [9.17, 15) is 22.8 Å². The topological polar surface area (TPSA) is 132 Å². The number of methoxy groups -OCH3 is 1. The van der Waals surface area contributed by atoms with Gasteiger partial charge in [-0.05, 0) is 37.5 Å². The Kier molecular flexibility index (Phi) is 7.49. The molecule has 0 fully saturated rings. The van der Waals surface area contributed by atoms with Gasteiger partial charge in [-0.25, -0.2) is 23.2 Å². The van der Waals surface area contributed by atoms with Crippen molar-refractivity contribution in [1.82, 2.24) is 9.97 Å². The molecule has 0 saturated heterocycles. The summed E-state index contributed by atoms with van der Waals surface area (Å²) in [6, 6.07) is 6.97. The molecule has 0 aliphatic heterocycles. The molecule has 0 radical (unpaired) electrons. The van der Waals surface area contributed by atoms with E-state index in [0.717, 1.165) is 23.1 Å². The number of sulfone groups is 1. The number of hydrogen-bond donors (Lipinski definition) is 1. The van der Waals surface area contributed by atoms with E-state index < -0.39 is 32.6 Å². The molecule has 2 heterocycles. The fourth-order valence-corrected chi connectivity index (χ4v) is 5.72. The number of carbonyl (C=O) groups is 3. The molecule has 0 aliphatic rings. The lowest BCUT2D eigenvalue weighted by Gasteiger charge is -2.09. The fraction of sp³-hybridized carbons (Fsp3) is 0.227. The Balaban J connectivity index is 1.98. The maximum absolute atomic E-state index is 13.0. The van der Waals surface area contributed by atoms with Gasteiger partial charge in [-0.15, -0.1) is 11.3 Å². The number of esters is 1. The fourth-order valence-electron chi connectivity index (χ4n) is 3.15. The summed E-state index contributed by atoms with van der Waals surface area (Å²) in [6.45, 7) is 4.67. The van der Waals surface area contributed by atoms with Crippen LogP contribution >= 0.6 is 22.9 Å². The highest BCUT2D eigenvalue weighted by Crippen LogP contribution is 2.34. The van der Waals surface area contributed by atoms with E-state index in [2.05, 4.69) is 15.3 Å². The Bertz CT molecular complexity index is 1420. The van der Waals surface area contributed by atoms with Crippen molar-refractivity contribution in [2.45, 2.75) is 31.7 Å². The second kappa shape index (κ2) is 10.00. The van der Waals surface area contributed by atoms with E-state index in [4.69, 9.17) is 16.3 Å². The average molecular weight is 522 g/mol. The van der Waals surface area contributed by atoms with E-state index in [-0.39, 0.29) is 32.0 Å². The number of anilines is 1. The van der Waals surface area contributed by atoms with Gasteiger partial charge >= 0.3 is 5.97 Å². The molecular weight excluding hydrogens is 502 g/mol. The summed E-state index contributed by atoms with van der Waals surface area (Å²) >= 11 is 6.98. The van der Waals surface area contributed by atoms with Crippen LogP contribution in [0.25, 0.3) is 0 Å². The molecule has 178 valence electrons. The van der Waals surface area contributed by atoms with Crippen molar-refractivity contribution in [2.24, 2.45) is 0 Å². The molecule has 0 spiro atoms. The highest BCUT2D eigenvalue weighted by atomic mass is 35.5. The number of carbonyl (C=O) groups excluding carboxylic acids is 3. The van der Waals surface area contributed by atoms with Gasteiger partial charge in [0.25, 0.3) is 5.91 Å². The van der Waals surface area contributed by atoms with Gasteiger partial charge in [0, 0.05) is 0 Å². The lowest BCUT2D eigenvalue weighted by atomic mass is 10.1. The maximum Gasteiger partial charge on any atom is 0.341 e. The van der Waals surface area contributed by atoms with Gasteiger partial charge in [0.15, 0.2) is 11.5 Å². The third kappa shape index (κ3) is 5.16. The standard InChI is InChI=1S/C22H20ClN3O6S2/c1-11-7-5-6-8-14(11)10-34(30,31)22-24-9-15(23)17(25-22)19(28)26-20-16(21(29)32-4)12(2)18(33-20)13(3)27/h5-9H,10H2,1-4H3,(H,26,28). The van der Waals surface area contributed by atoms with Gasteiger partial charge < -0.3 is 10.1 Å². The zero-order valence-electron chi connectivity index (χ0n) is 18.6. The van der Waals surface area contributed by atoms with Crippen LogP contribution in [0.15, 0.2) is 35.6 Å². The van der Waals surface area contributed by atoms with Crippen LogP contribution in [0, 0.1) is 13.8 Å². The molecule has 1 aromatic carbocycles. The van der Waals surface area contributed by atoms with Crippen molar-refractivity contribution in [3.63, 3.8) is 0 Å². The number of ether oxygens (including phenoxy) is 1. The summed E-state index contributed by atoms with van der Waals surface area (Å²) in [5, 5.41) is 1.80. The van der Waals surface area contributed by atoms with E-state index in [1.165, 1.54) is 14.0 Å². The molecule has 3 aromatic rings. The van der Waals surface area contributed by atoms with Gasteiger partial charge in [-0.2, -0.15) is 0 Å². The Morgan fingerprint density at radius 2 is 1.85 bits per heavy atom. The number of nitrogens with zero attached hydrogens (tertiary/aromatic N) is 2. The summed E-state index contributed by atoms with van der Waals surface area (Å²) in [7, 11) is -2.83. The summed E-state index contributed by atoms with van der Waals surface area (Å²) in [6.07, 6.45) is 1.02. The van der Waals surface area contributed by atoms with Crippen LogP contribution in [0.2, 0.25) is 5.02 Å². The number of aryl methyl sites for hydroxylation is 1. The van der Waals surface area contributed by atoms with Gasteiger partial charge in [-0.3, -0.25) is 9.59 Å². The monoisotopic (exact) mass is 521 g/mol. The number of Topliss-reactive ketones (excluding diaryl/α,β-unsaturated/α-hetero) is 1. The van der Waals surface area contributed by atoms with Gasteiger partial charge in [-0.1, -0.05) is 35.9 Å². The predicted octanol–water partition coefficient (Wildman–Crippen LogP) is 4.02. The number of aromatic nitrogens is 2. The van der Waals surface area contributed by atoms with Crippen LogP contribution in [0.4, 0.5) is 5.00 Å². The van der Waals surface area contributed by atoms with Gasteiger partial charge in [0.1, 0.15) is 5.00 Å². The first-order chi connectivity index (χ1) is 16.0. The predicted molar refractivity (Wildman–Crippen MR) is 127 cm³/mol. The smallest absolute Gasteiger partial charge is 0.341 e. The molecule has 0 saturated carbocycles. The van der Waals surface area contributed by atoms with Crippen LogP contribution in [-0.4, -0.2) is 43.2 Å². The van der Waals surface area contributed by atoms with Crippen LogP contribution in [0.5, 0.6) is 0 Å². The van der Waals surface area contributed by atoms with Crippen LogP contribution in [0.1, 0.15) is 54.1 Å². The van der Waals surface area contributed by atoms with Crippen molar-refractivity contribution in [1.29, 1.82) is 0 Å². The zero-order chi connectivity index (χ0) is 25.2. The normalized spacial score (nSPS) is 11.2.